The van der Waals surface area contributed by atoms with E-state index >= 15 is 0 Å². The molecule has 2 amide bonds. The topological polar surface area (TPSA) is 87.2 Å². The predicted octanol–water partition coefficient (Wildman–Crippen LogP) is 2.53. The highest BCUT2D eigenvalue weighted by Crippen LogP contribution is 2.15. The maximum absolute atomic E-state index is 12.2. The molecule has 2 rings (SSSR count). The lowest BCUT2D eigenvalue weighted by Crippen LogP contribution is -2.24. The lowest BCUT2D eigenvalue weighted by atomic mass is 10.2. The van der Waals surface area contributed by atoms with Crippen molar-refractivity contribution in [3.63, 3.8) is 0 Å². The van der Waals surface area contributed by atoms with Gasteiger partial charge in [0.15, 0.2) is 0 Å². The van der Waals surface area contributed by atoms with Gasteiger partial charge in [0.25, 0.3) is 5.91 Å². The fourth-order valence-corrected chi connectivity index (χ4v) is 2.15. The van der Waals surface area contributed by atoms with Gasteiger partial charge in [-0.3, -0.25) is 9.59 Å². The number of benzene rings is 1. The summed E-state index contributed by atoms with van der Waals surface area (Å²) in [5.74, 6) is 0.182. The molecule has 0 atom stereocenters. The minimum Gasteiger partial charge on any atom is -0.341 e. The van der Waals surface area contributed by atoms with E-state index < -0.39 is 0 Å². The Balaban J connectivity index is 2.02. The van der Waals surface area contributed by atoms with Crippen molar-refractivity contribution in [1.29, 1.82) is 0 Å². The van der Waals surface area contributed by atoms with E-state index in [1.54, 1.807) is 24.3 Å². The number of carbonyl (C=O) groups is 2. The smallest absolute Gasteiger partial charge is 0.258 e. The number of nitrogens with zero attached hydrogens (tertiary/aromatic N) is 3. The Labute approximate surface area is 141 Å². The average Bonchev–Trinajstić information content (AvgIpc) is 2.58. The number of aromatic nitrogens is 2. The van der Waals surface area contributed by atoms with Crippen LogP contribution in [0.3, 0.4) is 0 Å². The highest BCUT2D eigenvalue weighted by Gasteiger charge is 2.10. The van der Waals surface area contributed by atoms with Gasteiger partial charge < -0.3 is 15.5 Å². The van der Waals surface area contributed by atoms with Crippen LogP contribution in [0.25, 0.3) is 0 Å². The van der Waals surface area contributed by atoms with Gasteiger partial charge in [0.05, 0.1) is 5.56 Å². The molecule has 1 aromatic heterocycles. The van der Waals surface area contributed by atoms with Crippen LogP contribution in [0.1, 0.15) is 31.1 Å². The van der Waals surface area contributed by atoms with E-state index in [1.807, 2.05) is 18.7 Å². The first-order chi connectivity index (χ1) is 11.5. The van der Waals surface area contributed by atoms with E-state index in [1.165, 1.54) is 19.3 Å². The zero-order valence-electron chi connectivity index (χ0n) is 14.0. The lowest BCUT2D eigenvalue weighted by Gasteiger charge is -2.18. The SMILES string of the molecule is CCN(CC)c1ncc(C(=O)Nc2ccc(NC(C)=O)cc2)cn1. The van der Waals surface area contributed by atoms with Crippen LogP contribution in [-0.2, 0) is 4.79 Å². The van der Waals surface area contributed by atoms with Crippen LogP contribution in [-0.4, -0.2) is 34.9 Å². The molecule has 126 valence electrons. The zero-order chi connectivity index (χ0) is 17.5. The molecule has 2 aromatic rings. The van der Waals surface area contributed by atoms with Crippen molar-refractivity contribution in [2.24, 2.45) is 0 Å². The molecule has 0 bridgehead atoms. The molecule has 0 aliphatic carbocycles. The zero-order valence-corrected chi connectivity index (χ0v) is 14.0. The van der Waals surface area contributed by atoms with Gasteiger partial charge in [-0.25, -0.2) is 9.97 Å². The number of hydrogen-bond donors (Lipinski definition) is 2. The summed E-state index contributed by atoms with van der Waals surface area (Å²) < 4.78 is 0. The fourth-order valence-electron chi connectivity index (χ4n) is 2.15. The van der Waals surface area contributed by atoms with Crippen molar-refractivity contribution in [1.82, 2.24) is 9.97 Å². The van der Waals surface area contributed by atoms with Crippen LogP contribution in [0.5, 0.6) is 0 Å². The molecular formula is C17H21N5O2. The molecule has 0 radical (unpaired) electrons. The standard InChI is InChI=1S/C17H21N5O2/c1-4-22(5-2)17-18-10-13(11-19-17)16(24)21-15-8-6-14(7-9-15)20-12(3)23/h6-11H,4-5H2,1-3H3,(H,20,23)(H,21,24). The molecule has 0 aliphatic rings. The summed E-state index contributed by atoms with van der Waals surface area (Å²) in [6.07, 6.45) is 3.03. The summed E-state index contributed by atoms with van der Waals surface area (Å²) in [6, 6.07) is 6.87. The van der Waals surface area contributed by atoms with Gasteiger partial charge in [-0.1, -0.05) is 0 Å². The molecule has 1 heterocycles. The molecular weight excluding hydrogens is 306 g/mol. The Morgan fingerprint density at radius 1 is 0.958 bits per heavy atom. The van der Waals surface area contributed by atoms with E-state index in [9.17, 15) is 9.59 Å². The van der Waals surface area contributed by atoms with Gasteiger partial charge in [-0.2, -0.15) is 0 Å². The quantitative estimate of drug-likeness (QED) is 0.851. The van der Waals surface area contributed by atoms with Crippen LogP contribution in [0, 0.1) is 0 Å². The number of rotatable bonds is 6. The van der Waals surface area contributed by atoms with Crippen LogP contribution >= 0.6 is 0 Å². The molecule has 0 spiro atoms. The van der Waals surface area contributed by atoms with E-state index in [4.69, 9.17) is 0 Å². The third kappa shape index (κ3) is 4.52. The first kappa shape index (κ1) is 17.4. The molecule has 0 unspecified atom stereocenters. The van der Waals surface area contributed by atoms with Crippen molar-refractivity contribution in [3.05, 3.63) is 42.2 Å². The second-order valence-electron chi connectivity index (χ2n) is 5.16. The van der Waals surface area contributed by atoms with Crippen LogP contribution in [0.4, 0.5) is 17.3 Å². The van der Waals surface area contributed by atoms with Gasteiger partial charge in [0.1, 0.15) is 0 Å². The van der Waals surface area contributed by atoms with E-state index in [0.717, 1.165) is 13.1 Å². The van der Waals surface area contributed by atoms with Crippen LogP contribution < -0.4 is 15.5 Å². The lowest BCUT2D eigenvalue weighted by molar-refractivity contribution is -0.114. The maximum Gasteiger partial charge on any atom is 0.258 e. The summed E-state index contributed by atoms with van der Waals surface area (Å²) in [5.41, 5.74) is 1.69. The molecule has 0 saturated carbocycles. The number of anilines is 3. The van der Waals surface area contributed by atoms with Crippen molar-refractivity contribution in [3.8, 4) is 0 Å². The van der Waals surface area contributed by atoms with Crippen molar-refractivity contribution < 1.29 is 9.59 Å². The molecule has 1 aromatic carbocycles. The molecule has 7 heteroatoms. The molecule has 2 N–H and O–H groups in total. The monoisotopic (exact) mass is 327 g/mol. The van der Waals surface area contributed by atoms with Gasteiger partial charge in [0.2, 0.25) is 11.9 Å². The van der Waals surface area contributed by atoms with Gasteiger partial charge in [-0.05, 0) is 38.1 Å². The molecule has 0 aliphatic heterocycles. The largest absolute Gasteiger partial charge is 0.341 e. The minimum absolute atomic E-state index is 0.141. The third-order valence-electron chi connectivity index (χ3n) is 3.41. The summed E-state index contributed by atoms with van der Waals surface area (Å²) in [7, 11) is 0. The fraction of sp³-hybridized carbons (Fsp3) is 0.294. The van der Waals surface area contributed by atoms with E-state index in [-0.39, 0.29) is 11.8 Å². The normalized spacial score (nSPS) is 10.1. The molecule has 7 nitrogen and oxygen atoms in total. The number of amides is 2. The Hall–Kier alpha value is -2.96. The summed E-state index contributed by atoms with van der Waals surface area (Å²) in [4.78, 5) is 33.7. The van der Waals surface area contributed by atoms with Crippen LogP contribution in [0.2, 0.25) is 0 Å². The summed E-state index contributed by atoms with van der Waals surface area (Å²) in [6.45, 7) is 7.11. The molecule has 0 saturated heterocycles. The van der Waals surface area contributed by atoms with Crippen molar-refractivity contribution >= 4 is 29.1 Å². The highest BCUT2D eigenvalue weighted by atomic mass is 16.2. The third-order valence-corrected chi connectivity index (χ3v) is 3.41. The van der Waals surface area contributed by atoms with E-state index in [2.05, 4.69) is 20.6 Å². The number of carbonyl (C=O) groups excluding carboxylic acids is 2. The minimum atomic E-state index is -0.284. The average molecular weight is 327 g/mol. The maximum atomic E-state index is 12.2. The second kappa shape index (κ2) is 8.05. The second-order valence-corrected chi connectivity index (χ2v) is 5.16. The highest BCUT2D eigenvalue weighted by molar-refractivity contribution is 6.04. The van der Waals surface area contributed by atoms with Crippen LogP contribution in [0.15, 0.2) is 36.7 Å². The van der Waals surface area contributed by atoms with Crippen molar-refractivity contribution in [2.45, 2.75) is 20.8 Å². The summed E-state index contributed by atoms with van der Waals surface area (Å²) >= 11 is 0. The Morgan fingerprint density at radius 2 is 1.46 bits per heavy atom. The first-order valence-electron chi connectivity index (χ1n) is 7.79. The summed E-state index contributed by atoms with van der Waals surface area (Å²) in [5, 5.41) is 5.44. The molecule has 0 fully saturated rings. The molecule has 24 heavy (non-hydrogen) atoms. The number of nitrogens with one attached hydrogen (secondary N) is 2. The van der Waals surface area contributed by atoms with Gasteiger partial charge >= 0.3 is 0 Å². The predicted molar refractivity (Wildman–Crippen MR) is 94.3 cm³/mol. The van der Waals surface area contributed by atoms with E-state index in [0.29, 0.717) is 22.9 Å². The Morgan fingerprint density at radius 3 is 1.92 bits per heavy atom. The van der Waals surface area contributed by atoms with Crippen molar-refractivity contribution in [2.75, 3.05) is 28.6 Å². The van der Waals surface area contributed by atoms with Gasteiger partial charge in [0, 0.05) is 43.8 Å². The Bertz CT molecular complexity index is 694. The number of hydrogen-bond acceptors (Lipinski definition) is 5. The first-order valence-corrected chi connectivity index (χ1v) is 7.79. The van der Waals surface area contributed by atoms with Gasteiger partial charge in [-0.15, -0.1) is 0 Å². The Kier molecular flexibility index (Phi) is 5.83.